The van der Waals surface area contributed by atoms with Gasteiger partial charge in [-0.05, 0) is 25.1 Å². The summed E-state index contributed by atoms with van der Waals surface area (Å²) in [6.07, 6.45) is 0.150. The van der Waals surface area contributed by atoms with E-state index in [1.165, 1.54) is 0 Å². The van der Waals surface area contributed by atoms with Crippen molar-refractivity contribution in [1.82, 2.24) is 5.32 Å². The summed E-state index contributed by atoms with van der Waals surface area (Å²) < 4.78 is 11.6. The third-order valence-electron chi connectivity index (χ3n) is 2.86. The van der Waals surface area contributed by atoms with Gasteiger partial charge in [-0.3, -0.25) is 0 Å². The molecular formula is C13H21BrN2O2. The first-order valence-electron chi connectivity index (χ1n) is 5.92. The summed E-state index contributed by atoms with van der Waals surface area (Å²) in [6, 6.07) is 5.97. The molecule has 2 atom stereocenters. The summed E-state index contributed by atoms with van der Waals surface area (Å²) in [5.41, 5.74) is 6.89. The minimum atomic E-state index is 0.0510. The van der Waals surface area contributed by atoms with Crippen molar-refractivity contribution < 1.29 is 9.47 Å². The number of benzene rings is 1. The number of hydrogen-bond donors (Lipinski definition) is 2. The monoisotopic (exact) mass is 316 g/mol. The van der Waals surface area contributed by atoms with E-state index in [1.54, 1.807) is 14.2 Å². The van der Waals surface area contributed by atoms with Gasteiger partial charge in [0.15, 0.2) is 0 Å². The Balaban J connectivity index is 2.83. The highest BCUT2D eigenvalue weighted by atomic mass is 79.9. The third-order valence-corrected chi connectivity index (χ3v) is 3.35. The van der Waals surface area contributed by atoms with Gasteiger partial charge >= 0.3 is 0 Å². The summed E-state index contributed by atoms with van der Waals surface area (Å²) in [6.45, 7) is 3.26. The molecule has 5 heteroatoms. The maximum absolute atomic E-state index is 5.83. The van der Waals surface area contributed by atoms with Gasteiger partial charge in [0.2, 0.25) is 0 Å². The van der Waals surface area contributed by atoms with Gasteiger partial charge in [0, 0.05) is 36.3 Å². The van der Waals surface area contributed by atoms with Crippen LogP contribution in [0.3, 0.4) is 0 Å². The van der Waals surface area contributed by atoms with E-state index in [1.807, 2.05) is 25.1 Å². The Morgan fingerprint density at radius 2 is 2.11 bits per heavy atom. The van der Waals surface area contributed by atoms with Gasteiger partial charge in [0.1, 0.15) is 5.75 Å². The molecule has 18 heavy (non-hydrogen) atoms. The van der Waals surface area contributed by atoms with E-state index in [9.17, 15) is 0 Å². The van der Waals surface area contributed by atoms with Gasteiger partial charge in [0.25, 0.3) is 0 Å². The first kappa shape index (κ1) is 15.4. The first-order valence-corrected chi connectivity index (χ1v) is 6.71. The fraction of sp³-hybridized carbons (Fsp3) is 0.538. The van der Waals surface area contributed by atoms with Crippen molar-refractivity contribution in [3.63, 3.8) is 0 Å². The zero-order chi connectivity index (χ0) is 13.5. The molecule has 0 saturated heterocycles. The van der Waals surface area contributed by atoms with Crippen LogP contribution in [0.15, 0.2) is 22.7 Å². The molecule has 0 aliphatic carbocycles. The van der Waals surface area contributed by atoms with E-state index < -0.39 is 0 Å². The summed E-state index contributed by atoms with van der Waals surface area (Å²) in [7, 11) is 3.36. The van der Waals surface area contributed by atoms with Crippen LogP contribution in [-0.4, -0.2) is 33.4 Å². The number of nitrogens with two attached hydrogens (primary N) is 1. The lowest BCUT2D eigenvalue weighted by atomic mass is 10.1. The highest BCUT2D eigenvalue weighted by Gasteiger charge is 2.15. The molecule has 0 aromatic heterocycles. The van der Waals surface area contributed by atoms with Crippen molar-refractivity contribution in [1.29, 1.82) is 0 Å². The summed E-state index contributed by atoms with van der Waals surface area (Å²) >= 11 is 3.47. The number of rotatable bonds is 7. The Bertz CT molecular complexity index is 374. The van der Waals surface area contributed by atoms with Crippen LogP contribution in [0, 0.1) is 0 Å². The van der Waals surface area contributed by atoms with Crippen molar-refractivity contribution in [2.75, 3.05) is 27.3 Å². The fourth-order valence-electron chi connectivity index (χ4n) is 1.69. The molecule has 0 radical (unpaired) electrons. The molecule has 0 saturated carbocycles. The Labute approximate surface area is 117 Å². The topological polar surface area (TPSA) is 56.5 Å². The van der Waals surface area contributed by atoms with Crippen LogP contribution in [0.1, 0.15) is 18.5 Å². The molecule has 0 amide bonds. The first-order chi connectivity index (χ1) is 8.62. The van der Waals surface area contributed by atoms with E-state index in [0.717, 1.165) is 22.3 Å². The van der Waals surface area contributed by atoms with Crippen LogP contribution < -0.4 is 15.8 Å². The lowest BCUT2D eigenvalue weighted by Gasteiger charge is -2.22. The van der Waals surface area contributed by atoms with Crippen molar-refractivity contribution in [3.05, 3.63) is 28.2 Å². The number of methoxy groups -OCH3 is 2. The SMILES string of the molecule is COc1ccc(Br)cc1C(CN)NCC(C)OC. The second-order valence-electron chi connectivity index (χ2n) is 4.13. The molecule has 0 aliphatic heterocycles. The Kier molecular flexibility index (Phi) is 6.63. The van der Waals surface area contributed by atoms with Gasteiger partial charge in [-0.1, -0.05) is 15.9 Å². The minimum absolute atomic E-state index is 0.0510. The van der Waals surface area contributed by atoms with Crippen LogP contribution in [-0.2, 0) is 4.74 Å². The zero-order valence-corrected chi connectivity index (χ0v) is 12.7. The highest BCUT2D eigenvalue weighted by Crippen LogP contribution is 2.28. The number of nitrogens with one attached hydrogen (secondary N) is 1. The average molecular weight is 317 g/mol. The lowest BCUT2D eigenvalue weighted by Crippen LogP contribution is -2.34. The van der Waals surface area contributed by atoms with E-state index in [-0.39, 0.29) is 12.1 Å². The standard InChI is InChI=1S/C13H21BrN2O2/c1-9(17-2)8-16-12(7-15)11-6-10(14)4-5-13(11)18-3/h4-6,9,12,16H,7-8,15H2,1-3H3. The Hall–Kier alpha value is -0.620. The number of ether oxygens (including phenoxy) is 2. The van der Waals surface area contributed by atoms with Gasteiger partial charge < -0.3 is 20.5 Å². The quantitative estimate of drug-likeness (QED) is 0.808. The molecule has 0 fully saturated rings. The van der Waals surface area contributed by atoms with E-state index in [4.69, 9.17) is 15.2 Å². The van der Waals surface area contributed by atoms with Crippen LogP contribution in [0.4, 0.5) is 0 Å². The smallest absolute Gasteiger partial charge is 0.123 e. The second-order valence-corrected chi connectivity index (χ2v) is 5.04. The number of halogens is 1. The molecule has 0 heterocycles. The Morgan fingerprint density at radius 1 is 1.39 bits per heavy atom. The summed E-state index contributed by atoms with van der Waals surface area (Å²) in [4.78, 5) is 0. The van der Waals surface area contributed by atoms with Gasteiger partial charge in [0.05, 0.1) is 13.2 Å². The summed E-state index contributed by atoms with van der Waals surface area (Å²) in [5.74, 6) is 0.839. The molecule has 0 spiro atoms. The van der Waals surface area contributed by atoms with Crippen molar-refractivity contribution in [2.24, 2.45) is 5.73 Å². The maximum atomic E-state index is 5.83. The van der Waals surface area contributed by atoms with E-state index in [0.29, 0.717) is 6.54 Å². The van der Waals surface area contributed by atoms with Crippen molar-refractivity contribution in [2.45, 2.75) is 19.1 Å². The predicted molar refractivity (Wildman–Crippen MR) is 77.0 cm³/mol. The third kappa shape index (κ3) is 4.24. The normalized spacial score (nSPS) is 14.3. The molecular weight excluding hydrogens is 296 g/mol. The maximum Gasteiger partial charge on any atom is 0.123 e. The molecule has 1 aromatic rings. The molecule has 4 nitrogen and oxygen atoms in total. The van der Waals surface area contributed by atoms with Gasteiger partial charge in [-0.15, -0.1) is 0 Å². The van der Waals surface area contributed by atoms with Crippen molar-refractivity contribution >= 4 is 15.9 Å². The summed E-state index contributed by atoms with van der Waals surface area (Å²) in [5, 5.41) is 3.39. The molecule has 0 aliphatic rings. The largest absolute Gasteiger partial charge is 0.496 e. The van der Waals surface area contributed by atoms with Gasteiger partial charge in [-0.2, -0.15) is 0 Å². The van der Waals surface area contributed by atoms with Crippen LogP contribution >= 0.6 is 15.9 Å². The molecule has 2 unspecified atom stereocenters. The van der Waals surface area contributed by atoms with E-state index in [2.05, 4.69) is 21.2 Å². The zero-order valence-electron chi connectivity index (χ0n) is 11.1. The second kappa shape index (κ2) is 7.74. The fourth-order valence-corrected chi connectivity index (χ4v) is 2.07. The average Bonchev–Trinajstić information content (AvgIpc) is 2.39. The predicted octanol–water partition coefficient (Wildman–Crippen LogP) is 2.08. The molecule has 3 N–H and O–H groups in total. The Morgan fingerprint density at radius 3 is 2.67 bits per heavy atom. The molecule has 1 aromatic carbocycles. The lowest BCUT2D eigenvalue weighted by molar-refractivity contribution is 0.114. The van der Waals surface area contributed by atoms with Crippen LogP contribution in [0.5, 0.6) is 5.75 Å². The number of hydrogen-bond acceptors (Lipinski definition) is 4. The molecule has 102 valence electrons. The minimum Gasteiger partial charge on any atom is -0.496 e. The highest BCUT2D eigenvalue weighted by molar-refractivity contribution is 9.10. The molecule has 1 rings (SSSR count). The molecule has 0 bridgehead atoms. The van der Waals surface area contributed by atoms with Crippen molar-refractivity contribution in [3.8, 4) is 5.75 Å². The van der Waals surface area contributed by atoms with Crippen LogP contribution in [0.2, 0.25) is 0 Å². The van der Waals surface area contributed by atoms with Gasteiger partial charge in [-0.25, -0.2) is 0 Å². The van der Waals surface area contributed by atoms with E-state index >= 15 is 0 Å². The van der Waals surface area contributed by atoms with Crippen LogP contribution in [0.25, 0.3) is 0 Å².